The van der Waals surface area contributed by atoms with Crippen LogP contribution in [0.4, 0.5) is 0 Å². The summed E-state index contributed by atoms with van der Waals surface area (Å²) in [6.07, 6.45) is 6.15. The molecule has 1 aliphatic rings. The second kappa shape index (κ2) is 4.66. The highest BCUT2D eigenvalue weighted by Crippen LogP contribution is 2.18. The minimum absolute atomic E-state index is 0.0150. The van der Waals surface area contributed by atoms with E-state index in [4.69, 9.17) is 5.26 Å². The van der Waals surface area contributed by atoms with Crippen LogP contribution in [0.5, 0.6) is 0 Å². The van der Waals surface area contributed by atoms with Gasteiger partial charge in [0.25, 0.3) is 0 Å². The van der Waals surface area contributed by atoms with Crippen molar-refractivity contribution in [2.75, 3.05) is 13.6 Å². The van der Waals surface area contributed by atoms with Crippen molar-refractivity contribution in [1.29, 1.82) is 5.26 Å². The molecule has 0 aromatic heterocycles. The molecule has 0 saturated carbocycles. The Hall–Kier alpha value is -1.30. The van der Waals surface area contributed by atoms with Crippen molar-refractivity contribution in [2.45, 2.75) is 25.7 Å². The lowest BCUT2D eigenvalue weighted by atomic mass is 9.99. The maximum atomic E-state index is 11.6. The Bertz CT molecular complexity index is 263. The third kappa shape index (κ3) is 2.59. The van der Waals surface area contributed by atoms with Gasteiger partial charge in [0.1, 0.15) is 6.54 Å². The Morgan fingerprint density at radius 3 is 3.00 bits per heavy atom. The van der Waals surface area contributed by atoms with Gasteiger partial charge in [0.05, 0.1) is 6.07 Å². The first-order valence-electron chi connectivity index (χ1n) is 4.57. The van der Waals surface area contributed by atoms with Crippen LogP contribution in [0.15, 0.2) is 11.6 Å². The second-order valence-electron chi connectivity index (χ2n) is 3.29. The Morgan fingerprint density at radius 2 is 2.46 bits per heavy atom. The van der Waals surface area contributed by atoms with E-state index < -0.39 is 0 Å². The molecule has 3 nitrogen and oxygen atoms in total. The van der Waals surface area contributed by atoms with Crippen molar-refractivity contribution in [3.8, 4) is 6.07 Å². The van der Waals surface area contributed by atoms with Crippen LogP contribution < -0.4 is 0 Å². The lowest BCUT2D eigenvalue weighted by molar-refractivity contribution is -0.125. The fourth-order valence-electron chi connectivity index (χ4n) is 1.46. The molecule has 0 spiro atoms. The number of carbonyl (C=O) groups is 1. The van der Waals surface area contributed by atoms with Gasteiger partial charge in [-0.15, -0.1) is 0 Å². The molecule has 3 heteroatoms. The Morgan fingerprint density at radius 1 is 1.69 bits per heavy atom. The van der Waals surface area contributed by atoms with E-state index in [1.165, 1.54) is 11.3 Å². The summed E-state index contributed by atoms with van der Waals surface area (Å²) < 4.78 is 0. The summed E-state index contributed by atoms with van der Waals surface area (Å²) in [5.74, 6) is 0.0150. The van der Waals surface area contributed by atoms with E-state index in [1.807, 2.05) is 12.1 Å². The first-order chi connectivity index (χ1) is 6.25. The molecule has 0 atom stereocenters. The summed E-state index contributed by atoms with van der Waals surface area (Å²) in [7, 11) is 1.67. The van der Waals surface area contributed by atoms with Gasteiger partial charge in [0, 0.05) is 12.6 Å². The number of rotatable bonds is 2. The number of nitrogens with zero attached hydrogens (tertiary/aromatic N) is 2. The molecule has 0 aliphatic heterocycles. The van der Waals surface area contributed by atoms with Gasteiger partial charge in [-0.2, -0.15) is 5.26 Å². The number of likely N-dealkylation sites (N-methyl/N-ethyl adjacent to an activating group) is 1. The first-order valence-corrected chi connectivity index (χ1v) is 4.57. The number of hydrogen-bond acceptors (Lipinski definition) is 2. The van der Waals surface area contributed by atoms with Gasteiger partial charge in [-0.1, -0.05) is 6.08 Å². The minimum Gasteiger partial charge on any atom is -0.329 e. The number of hydrogen-bond donors (Lipinski definition) is 0. The van der Waals surface area contributed by atoms with Crippen LogP contribution in [0.1, 0.15) is 25.7 Å². The fraction of sp³-hybridized carbons (Fsp3) is 0.600. The smallest absolute Gasteiger partial charge is 0.250 e. The molecular weight excluding hydrogens is 164 g/mol. The van der Waals surface area contributed by atoms with Crippen LogP contribution in [0.25, 0.3) is 0 Å². The van der Waals surface area contributed by atoms with Crippen LogP contribution in [0.2, 0.25) is 0 Å². The maximum Gasteiger partial charge on any atom is 0.250 e. The van der Waals surface area contributed by atoms with Crippen LogP contribution in [0, 0.1) is 11.3 Å². The van der Waals surface area contributed by atoms with Gasteiger partial charge in [0.2, 0.25) is 5.91 Å². The summed E-state index contributed by atoms with van der Waals surface area (Å²) in [5.41, 5.74) is 0.879. The lowest BCUT2D eigenvalue weighted by Gasteiger charge is -2.17. The van der Waals surface area contributed by atoms with Crippen LogP contribution in [-0.2, 0) is 4.79 Å². The van der Waals surface area contributed by atoms with E-state index in [9.17, 15) is 4.79 Å². The fourth-order valence-corrected chi connectivity index (χ4v) is 1.46. The van der Waals surface area contributed by atoms with Crippen molar-refractivity contribution in [3.63, 3.8) is 0 Å². The summed E-state index contributed by atoms with van der Waals surface area (Å²) >= 11 is 0. The molecular formula is C10H14N2O. The molecule has 70 valence electrons. The first kappa shape index (κ1) is 9.79. The standard InChI is InChI=1S/C10H14N2O/c1-12(8-7-11)10(13)9-5-3-2-4-6-9/h5H,2-4,6,8H2,1H3. The molecule has 0 N–H and O–H groups in total. The average molecular weight is 178 g/mol. The predicted molar refractivity (Wildman–Crippen MR) is 49.8 cm³/mol. The Labute approximate surface area is 78.6 Å². The van der Waals surface area contributed by atoms with Gasteiger partial charge < -0.3 is 4.90 Å². The second-order valence-corrected chi connectivity index (χ2v) is 3.29. The van der Waals surface area contributed by atoms with Crippen molar-refractivity contribution in [3.05, 3.63) is 11.6 Å². The van der Waals surface area contributed by atoms with E-state index in [-0.39, 0.29) is 12.5 Å². The quantitative estimate of drug-likeness (QED) is 0.601. The molecule has 0 aromatic rings. The summed E-state index contributed by atoms with van der Waals surface area (Å²) in [6.45, 7) is 0.177. The number of allylic oxidation sites excluding steroid dienone is 1. The van der Waals surface area contributed by atoms with Gasteiger partial charge in [-0.3, -0.25) is 4.79 Å². The highest BCUT2D eigenvalue weighted by molar-refractivity contribution is 5.93. The monoisotopic (exact) mass is 178 g/mol. The zero-order chi connectivity index (χ0) is 9.68. The maximum absolute atomic E-state index is 11.6. The van der Waals surface area contributed by atoms with Crippen LogP contribution in [0.3, 0.4) is 0 Å². The van der Waals surface area contributed by atoms with Crippen LogP contribution in [-0.4, -0.2) is 24.4 Å². The highest BCUT2D eigenvalue weighted by Gasteiger charge is 2.15. The molecule has 0 fully saturated rings. The van der Waals surface area contributed by atoms with Crippen molar-refractivity contribution in [1.82, 2.24) is 4.90 Å². The molecule has 0 radical (unpaired) electrons. The van der Waals surface area contributed by atoms with Gasteiger partial charge in [-0.05, 0) is 25.7 Å². The van der Waals surface area contributed by atoms with Crippen molar-refractivity contribution < 1.29 is 4.79 Å². The van der Waals surface area contributed by atoms with Crippen LogP contribution >= 0.6 is 0 Å². The summed E-state index contributed by atoms with van der Waals surface area (Å²) in [4.78, 5) is 13.1. The Balaban J connectivity index is 2.56. The normalized spacial score (nSPS) is 15.8. The van der Waals surface area contributed by atoms with E-state index in [1.54, 1.807) is 7.05 Å². The largest absolute Gasteiger partial charge is 0.329 e. The Kier molecular flexibility index (Phi) is 3.51. The molecule has 0 heterocycles. The van der Waals surface area contributed by atoms with E-state index in [0.717, 1.165) is 24.8 Å². The minimum atomic E-state index is 0.0150. The molecule has 1 aliphatic carbocycles. The predicted octanol–water partition coefficient (Wildman–Crippen LogP) is 1.47. The zero-order valence-corrected chi connectivity index (χ0v) is 7.92. The molecule has 1 rings (SSSR count). The third-order valence-corrected chi connectivity index (χ3v) is 2.22. The molecule has 0 saturated heterocycles. The van der Waals surface area contributed by atoms with E-state index >= 15 is 0 Å². The van der Waals surface area contributed by atoms with E-state index in [0.29, 0.717) is 0 Å². The summed E-state index contributed by atoms with van der Waals surface area (Å²) in [6, 6.07) is 1.97. The van der Waals surface area contributed by atoms with E-state index in [2.05, 4.69) is 0 Å². The molecule has 1 amide bonds. The highest BCUT2D eigenvalue weighted by atomic mass is 16.2. The third-order valence-electron chi connectivity index (χ3n) is 2.22. The van der Waals surface area contributed by atoms with Gasteiger partial charge in [0.15, 0.2) is 0 Å². The molecule has 13 heavy (non-hydrogen) atoms. The SMILES string of the molecule is CN(CC#N)C(=O)C1=CCCCC1. The van der Waals surface area contributed by atoms with Crippen molar-refractivity contribution in [2.24, 2.45) is 0 Å². The zero-order valence-electron chi connectivity index (χ0n) is 7.92. The average Bonchev–Trinajstić information content (AvgIpc) is 2.18. The topological polar surface area (TPSA) is 44.1 Å². The van der Waals surface area contributed by atoms with Gasteiger partial charge in [-0.25, -0.2) is 0 Å². The van der Waals surface area contributed by atoms with Crippen molar-refractivity contribution >= 4 is 5.91 Å². The molecule has 0 unspecified atom stereocenters. The lowest BCUT2D eigenvalue weighted by Crippen LogP contribution is -2.28. The summed E-state index contributed by atoms with van der Waals surface area (Å²) in [5, 5.41) is 8.42. The number of carbonyl (C=O) groups excluding carboxylic acids is 1. The number of nitriles is 1. The number of amides is 1. The molecule has 0 bridgehead atoms. The van der Waals surface area contributed by atoms with Gasteiger partial charge >= 0.3 is 0 Å². The molecule has 0 aromatic carbocycles.